The highest BCUT2D eigenvalue weighted by atomic mass is 35.5. The molecule has 10 nitrogen and oxygen atoms in total. The molecule has 1 unspecified atom stereocenters. The number of anilines is 1. The molecule has 3 rings (SSSR count). The lowest BCUT2D eigenvalue weighted by atomic mass is 10.1. The summed E-state index contributed by atoms with van der Waals surface area (Å²) in [5.41, 5.74) is 1.04. The van der Waals surface area contributed by atoms with Crippen molar-refractivity contribution >= 4 is 64.5 Å². The van der Waals surface area contributed by atoms with E-state index in [0.29, 0.717) is 4.31 Å². The van der Waals surface area contributed by atoms with Crippen LogP contribution < -0.4 is 5.32 Å². The van der Waals surface area contributed by atoms with Crippen molar-refractivity contribution in [2.24, 2.45) is 0 Å². The van der Waals surface area contributed by atoms with Crippen LogP contribution in [0, 0.1) is 6.92 Å². The molecule has 1 aromatic heterocycles. The van der Waals surface area contributed by atoms with Crippen molar-refractivity contribution in [3.8, 4) is 0 Å². The van der Waals surface area contributed by atoms with Gasteiger partial charge in [0.1, 0.15) is 16.3 Å². The zero-order chi connectivity index (χ0) is 24.5. The van der Waals surface area contributed by atoms with Gasteiger partial charge in [-0.3, -0.25) is 14.6 Å². The third-order valence-electron chi connectivity index (χ3n) is 5.03. The fourth-order valence-corrected chi connectivity index (χ4v) is 4.96. The lowest BCUT2D eigenvalue weighted by molar-refractivity contribution is -0.131. The van der Waals surface area contributed by atoms with Crippen molar-refractivity contribution in [3.63, 3.8) is 0 Å². The maximum atomic E-state index is 13.2. The molecule has 1 saturated heterocycles. The average molecular weight is 512 g/mol. The highest BCUT2D eigenvalue weighted by Crippen LogP contribution is 2.26. The number of hydrogen-bond acceptors (Lipinski definition) is 6. The molecule has 0 spiro atoms. The van der Waals surface area contributed by atoms with Crippen LogP contribution in [-0.4, -0.2) is 73.0 Å². The number of nitrogens with one attached hydrogen (secondary N) is 1. The summed E-state index contributed by atoms with van der Waals surface area (Å²) < 4.78 is 26.5. The highest BCUT2D eigenvalue weighted by Gasteiger charge is 2.44. The first-order chi connectivity index (χ1) is 15.4. The number of pyridine rings is 1. The predicted molar refractivity (Wildman–Crippen MR) is 125 cm³/mol. The minimum Gasteiger partial charge on any atom is -0.306 e. The smallest absolute Gasteiger partial charge is 0.306 e. The molecule has 0 saturated carbocycles. The van der Waals surface area contributed by atoms with Gasteiger partial charge in [-0.25, -0.2) is 27.5 Å². The van der Waals surface area contributed by atoms with Crippen LogP contribution in [0.4, 0.5) is 15.3 Å². The number of carbonyl (C=O) groups is 3. The second-order valence-corrected chi connectivity index (χ2v) is 10.1. The molecule has 0 bridgehead atoms. The minimum atomic E-state index is -4.17. The number of halogens is 2. The Hall–Kier alpha value is -2.83. The van der Waals surface area contributed by atoms with Gasteiger partial charge in [0.25, 0.3) is 15.9 Å². The lowest BCUT2D eigenvalue weighted by Crippen LogP contribution is -2.55. The SMILES string of the molecule is BC(=O)N1CCC(C(=O)N(C)S(=O)(=O)c2ccc(C)cc2)N1C(=O)Nc1cc(Cl)nc(Cl)c1. The number of rotatable bonds is 4. The molecule has 1 fully saturated rings. The molecule has 14 heteroatoms. The zero-order valence-corrected chi connectivity index (χ0v) is 20.3. The summed E-state index contributed by atoms with van der Waals surface area (Å²) in [7, 11) is -1.82. The monoisotopic (exact) mass is 511 g/mol. The van der Waals surface area contributed by atoms with E-state index in [1.54, 1.807) is 19.1 Å². The van der Waals surface area contributed by atoms with E-state index in [1.807, 2.05) is 0 Å². The van der Waals surface area contributed by atoms with Crippen molar-refractivity contribution in [1.82, 2.24) is 19.3 Å². The van der Waals surface area contributed by atoms with Crippen LogP contribution in [0.25, 0.3) is 0 Å². The van der Waals surface area contributed by atoms with Gasteiger partial charge < -0.3 is 5.32 Å². The number of aryl methyl sites for hydroxylation is 1. The largest absolute Gasteiger partial charge is 0.341 e. The number of carbonyl (C=O) groups excluding carboxylic acids is 3. The summed E-state index contributed by atoms with van der Waals surface area (Å²) in [5, 5.41) is 4.56. The van der Waals surface area contributed by atoms with Crippen LogP contribution in [-0.2, 0) is 14.8 Å². The number of nitrogens with zero attached hydrogens (tertiary/aromatic N) is 4. The number of amides is 4. The Morgan fingerprint density at radius 1 is 1.15 bits per heavy atom. The second-order valence-electron chi connectivity index (χ2n) is 7.35. The molecule has 1 aliphatic heterocycles. The maximum Gasteiger partial charge on any atom is 0.341 e. The number of hydrogen-bond donors (Lipinski definition) is 1. The Bertz CT molecular complexity index is 1190. The Balaban J connectivity index is 1.89. The summed E-state index contributed by atoms with van der Waals surface area (Å²) in [4.78, 5) is 42.1. The third kappa shape index (κ3) is 5.23. The molecule has 33 heavy (non-hydrogen) atoms. The van der Waals surface area contributed by atoms with Crippen LogP contribution >= 0.6 is 23.2 Å². The summed E-state index contributed by atoms with van der Waals surface area (Å²) in [6.45, 7) is 1.86. The predicted octanol–water partition coefficient (Wildman–Crippen LogP) is 2.12. The Labute approximate surface area is 201 Å². The van der Waals surface area contributed by atoms with Gasteiger partial charge in [-0.2, -0.15) is 0 Å². The van der Waals surface area contributed by atoms with Crippen molar-refractivity contribution in [3.05, 3.63) is 52.3 Å². The van der Waals surface area contributed by atoms with Gasteiger partial charge in [0.15, 0.2) is 5.81 Å². The molecule has 2 heterocycles. The number of likely N-dealkylation sites (N-methyl/N-ethyl adjacent to an activating group) is 1. The fraction of sp³-hybridized carbons (Fsp3) is 0.263. The molecule has 1 aromatic carbocycles. The molecular formula is C19H20BCl2N5O5S. The molecule has 174 valence electrons. The van der Waals surface area contributed by atoms with E-state index in [-0.39, 0.29) is 33.9 Å². The Morgan fingerprint density at radius 3 is 2.27 bits per heavy atom. The normalized spacial score (nSPS) is 15.9. The molecule has 1 aliphatic rings. The molecule has 4 amide bonds. The summed E-state index contributed by atoms with van der Waals surface area (Å²) in [5.74, 6) is -1.35. The highest BCUT2D eigenvalue weighted by molar-refractivity contribution is 7.89. The van der Waals surface area contributed by atoms with Crippen molar-refractivity contribution in [2.45, 2.75) is 24.3 Å². The van der Waals surface area contributed by atoms with Crippen molar-refractivity contribution in [2.75, 3.05) is 18.9 Å². The van der Waals surface area contributed by atoms with Crippen molar-refractivity contribution in [1.29, 1.82) is 0 Å². The molecule has 2 aromatic rings. The summed E-state index contributed by atoms with van der Waals surface area (Å²) in [6.07, 6.45) is 0.0530. The van der Waals surface area contributed by atoms with Crippen LogP contribution in [0.5, 0.6) is 0 Å². The summed E-state index contributed by atoms with van der Waals surface area (Å²) in [6, 6.07) is 6.63. The summed E-state index contributed by atoms with van der Waals surface area (Å²) >= 11 is 11.7. The van der Waals surface area contributed by atoms with Gasteiger partial charge in [0.2, 0.25) is 7.85 Å². The van der Waals surface area contributed by atoms with E-state index in [4.69, 9.17) is 23.2 Å². The van der Waals surface area contributed by atoms with Gasteiger partial charge >= 0.3 is 6.03 Å². The number of aromatic nitrogens is 1. The minimum absolute atomic E-state index is 0.0270. The maximum absolute atomic E-state index is 13.2. The number of urea groups is 1. The number of hydrazine groups is 1. The van der Waals surface area contributed by atoms with E-state index in [2.05, 4.69) is 10.3 Å². The first kappa shape index (κ1) is 24.8. The van der Waals surface area contributed by atoms with Gasteiger partial charge in [0, 0.05) is 19.3 Å². The van der Waals surface area contributed by atoms with Crippen LogP contribution in [0.15, 0.2) is 41.3 Å². The molecule has 1 atom stereocenters. The quantitative estimate of drug-likeness (QED) is 0.495. The Kier molecular flexibility index (Phi) is 7.20. The van der Waals surface area contributed by atoms with Gasteiger partial charge in [-0.15, -0.1) is 0 Å². The van der Waals surface area contributed by atoms with Gasteiger partial charge in [0.05, 0.1) is 4.90 Å². The molecule has 0 aliphatic carbocycles. The van der Waals surface area contributed by atoms with Crippen LogP contribution in [0.1, 0.15) is 12.0 Å². The standard InChI is InChI=1S/C19H20BCl2N5O5S/c1-11-3-5-13(6-4-11)33(31,32)25(2)17(28)14-7-8-26(18(20)29)27(14)19(30)23-12-9-15(21)24-16(22)10-12/h3-6,9-10,14H,7-8,20H2,1-2H3,(H,23,24,30). The van der Waals surface area contributed by atoms with E-state index < -0.39 is 33.8 Å². The molecular weight excluding hydrogens is 492 g/mol. The van der Waals surface area contributed by atoms with Crippen molar-refractivity contribution < 1.29 is 22.8 Å². The Morgan fingerprint density at radius 2 is 1.73 bits per heavy atom. The van der Waals surface area contributed by atoms with Crippen LogP contribution in [0.3, 0.4) is 0 Å². The zero-order valence-electron chi connectivity index (χ0n) is 17.9. The lowest BCUT2D eigenvalue weighted by Gasteiger charge is -2.32. The van der Waals surface area contributed by atoms with E-state index >= 15 is 0 Å². The number of sulfonamides is 1. The van der Waals surface area contributed by atoms with Gasteiger partial charge in [-0.05, 0) is 37.6 Å². The fourth-order valence-electron chi connectivity index (χ4n) is 3.35. The van der Waals surface area contributed by atoms with E-state index in [1.165, 1.54) is 32.1 Å². The first-order valence-electron chi connectivity index (χ1n) is 9.72. The first-order valence-corrected chi connectivity index (χ1v) is 11.9. The van der Waals surface area contributed by atoms with Crippen LogP contribution in [0.2, 0.25) is 10.3 Å². The van der Waals surface area contributed by atoms with E-state index in [9.17, 15) is 22.8 Å². The van der Waals surface area contributed by atoms with E-state index in [0.717, 1.165) is 22.6 Å². The topological polar surface area (TPSA) is 120 Å². The average Bonchev–Trinajstić information content (AvgIpc) is 3.18. The third-order valence-corrected chi connectivity index (χ3v) is 7.19. The molecule has 1 N–H and O–H groups in total. The number of benzene rings is 1. The van der Waals surface area contributed by atoms with Gasteiger partial charge in [-0.1, -0.05) is 40.9 Å². The molecule has 0 radical (unpaired) electrons. The second kappa shape index (κ2) is 9.58.